The molecule has 1 aromatic carbocycles. The van der Waals surface area contributed by atoms with Gasteiger partial charge >= 0.3 is 0 Å². The van der Waals surface area contributed by atoms with Crippen molar-refractivity contribution in [2.75, 3.05) is 12.8 Å². The van der Waals surface area contributed by atoms with Crippen LogP contribution in [0, 0.1) is 0 Å². The number of methoxy groups -OCH3 is 1. The average Bonchev–Trinajstić information content (AvgIpc) is 2.80. The van der Waals surface area contributed by atoms with E-state index in [-0.39, 0.29) is 0 Å². The first-order valence-corrected chi connectivity index (χ1v) is 6.60. The molecule has 0 bridgehead atoms. The van der Waals surface area contributed by atoms with Crippen LogP contribution in [0.4, 0.5) is 5.69 Å². The number of nitrogen functional groups attached to an aromatic ring is 1. The van der Waals surface area contributed by atoms with Gasteiger partial charge in [-0.1, -0.05) is 0 Å². The second kappa shape index (κ2) is 5.23. The minimum absolute atomic E-state index is 0.721. The number of aromatic nitrogens is 1. The first-order chi connectivity index (χ1) is 7.79. The van der Waals surface area contributed by atoms with Gasteiger partial charge in [0.15, 0.2) is 0 Å². The summed E-state index contributed by atoms with van der Waals surface area (Å²) in [6.07, 6.45) is 1.89. The zero-order valence-corrected chi connectivity index (χ0v) is 10.5. The fourth-order valence-electron chi connectivity index (χ4n) is 1.27. The smallest absolute Gasteiger partial charge is 0.134 e. The first-order valence-electron chi connectivity index (χ1n) is 4.73. The van der Waals surface area contributed by atoms with E-state index in [9.17, 15) is 0 Å². The Hall–Kier alpha value is -1.20. The Morgan fingerprint density at radius 3 is 3.06 bits per heavy atom. The highest BCUT2D eigenvalue weighted by molar-refractivity contribution is 7.98. The Kier molecular flexibility index (Phi) is 3.69. The first kappa shape index (κ1) is 11.3. The van der Waals surface area contributed by atoms with E-state index in [1.165, 1.54) is 4.88 Å². The normalized spacial score (nSPS) is 10.3. The summed E-state index contributed by atoms with van der Waals surface area (Å²) in [5, 5.41) is 0. The molecule has 0 spiro atoms. The van der Waals surface area contributed by atoms with Crippen molar-refractivity contribution in [3.8, 4) is 5.75 Å². The van der Waals surface area contributed by atoms with Crippen LogP contribution in [0.1, 0.15) is 4.88 Å². The molecule has 0 fully saturated rings. The molecular formula is C11H12N2OS2. The maximum atomic E-state index is 5.70. The van der Waals surface area contributed by atoms with Crippen molar-refractivity contribution in [3.63, 3.8) is 0 Å². The highest BCUT2D eigenvalue weighted by atomic mass is 32.2. The number of ether oxygens (including phenoxy) is 1. The average molecular weight is 252 g/mol. The zero-order valence-electron chi connectivity index (χ0n) is 8.84. The quantitative estimate of drug-likeness (QED) is 0.671. The maximum absolute atomic E-state index is 5.70. The van der Waals surface area contributed by atoms with Gasteiger partial charge < -0.3 is 10.5 Å². The van der Waals surface area contributed by atoms with Gasteiger partial charge in [-0.05, 0) is 12.1 Å². The van der Waals surface area contributed by atoms with Crippen molar-refractivity contribution in [1.82, 2.24) is 4.98 Å². The predicted octanol–water partition coefficient (Wildman–Crippen LogP) is 3.03. The van der Waals surface area contributed by atoms with Crippen molar-refractivity contribution < 1.29 is 4.74 Å². The van der Waals surface area contributed by atoms with Crippen LogP contribution < -0.4 is 10.5 Å². The summed E-state index contributed by atoms with van der Waals surface area (Å²) in [6.45, 7) is 0. The molecule has 0 unspecified atom stereocenters. The van der Waals surface area contributed by atoms with Gasteiger partial charge in [-0.15, -0.1) is 23.1 Å². The standard InChI is InChI=1S/C11H12N2OS2/c1-14-10-4-8(12)2-3-11(10)15-6-9-5-13-7-16-9/h2-5,7H,6,12H2,1H3. The van der Waals surface area contributed by atoms with Crippen LogP contribution in [0.3, 0.4) is 0 Å². The van der Waals surface area contributed by atoms with Crippen LogP contribution >= 0.6 is 23.1 Å². The summed E-state index contributed by atoms with van der Waals surface area (Å²) in [5.41, 5.74) is 8.26. The van der Waals surface area contributed by atoms with Gasteiger partial charge in [-0.25, -0.2) is 0 Å². The largest absolute Gasteiger partial charge is 0.496 e. The fourth-order valence-corrected chi connectivity index (χ4v) is 2.91. The molecule has 2 aromatic rings. The summed E-state index contributed by atoms with van der Waals surface area (Å²) < 4.78 is 5.28. The molecule has 2 N–H and O–H groups in total. The van der Waals surface area contributed by atoms with E-state index < -0.39 is 0 Å². The maximum Gasteiger partial charge on any atom is 0.134 e. The Balaban J connectivity index is 2.09. The molecule has 0 radical (unpaired) electrons. The SMILES string of the molecule is COc1cc(N)ccc1SCc1cncs1. The van der Waals surface area contributed by atoms with Crippen LogP contribution in [0.15, 0.2) is 34.8 Å². The van der Waals surface area contributed by atoms with Crippen molar-refractivity contribution >= 4 is 28.8 Å². The molecule has 5 heteroatoms. The third kappa shape index (κ3) is 2.68. The number of thiazole rings is 1. The Labute approximate surface area is 103 Å². The van der Waals surface area contributed by atoms with E-state index in [2.05, 4.69) is 4.98 Å². The van der Waals surface area contributed by atoms with E-state index in [4.69, 9.17) is 10.5 Å². The highest BCUT2D eigenvalue weighted by Crippen LogP contribution is 2.33. The highest BCUT2D eigenvalue weighted by Gasteiger charge is 2.05. The Morgan fingerprint density at radius 1 is 1.50 bits per heavy atom. The van der Waals surface area contributed by atoms with Crippen LogP contribution in [-0.4, -0.2) is 12.1 Å². The molecular weight excluding hydrogens is 240 g/mol. The minimum atomic E-state index is 0.721. The van der Waals surface area contributed by atoms with Crippen LogP contribution in [0.2, 0.25) is 0 Å². The fraction of sp³-hybridized carbons (Fsp3) is 0.182. The molecule has 16 heavy (non-hydrogen) atoms. The van der Waals surface area contributed by atoms with Crippen molar-refractivity contribution in [2.24, 2.45) is 0 Å². The Bertz CT molecular complexity index is 457. The number of nitrogens with zero attached hydrogens (tertiary/aromatic N) is 1. The summed E-state index contributed by atoms with van der Waals surface area (Å²) in [6, 6.07) is 5.71. The number of hydrogen-bond acceptors (Lipinski definition) is 5. The molecule has 2 rings (SSSR count). The van der Waals surface area contributed by atoms with Gasteiger partial charge in [-0.3, -0.25) is 4.98 Å². The second-order valence-electron chi connectivity index (χ2n) is 3.17. The van der Waals surface area contributed by atoms with E-state index in [0.717, 1.165) is 22.1 Å². The molecule has 0 saturated carbocycles. The molecule has 84 valence electrons. The van der Waals surface area contributed by atoms with Crippen LogP contribution in [0.25, 0.3) is 0 Å². The lowest BCUT2D eigenvalue weighted by Crippen LogP contribution is -1.90. The predicted molar refractivity (Wildman–Crippen MR) is 69.1 cm³/mol. The van der Waals surface area contributed by atoms with E-state index in [1.807, 2.05) is 29.9 Å². The molecule has 0 saturated heterocycles. The van der Waals surface area contributed by atoms with Gasteiger partial charge in [0.1, 0.15) is 5.75 Å². The number of hydrogen-bond donors (Lipinski definition) is 1. The number of thioether (sulfide) groups is 1. The third-order valence-corrected chi connectivity index (χ3v) is 4.11. The van der Waals surface area contributed by atoms with Gasteiger partial charge in [0, 0.05) is 33.5 Å². The summed E-state index contributed by atoms with van der Waals surface area (Å²) in [4.78, 5) is 6.40. The molecule has 0 aliphatic carbocycles. The molecule has 0 aliphatic rings. The summed E-state index contributed by atoms with van der Waals surface area (Å²) in [5.74, 6) is 1.74. The molecule has 1 aromatic heterocycles. The molecule has 1 heterocycles. The zero-order chi connectivity index (χ0) is 11.4. The van der Waals surface area contributed by atoms with Gasteiger partial charge in [0.05, 0.1) is 12.6 Å². The summed E-state index contributed by atoms with van der Waals surface area (Å²) in [7, 11) is 1.66. The molecule has 0 aliphatic heterocycles. The Morgan fingerprint density at radius 2 is 2.38 bits per heavy atom. The van der Waals surface area contributed by atoms with Crippen molar-refractivity contribution in [2.45, 2.75) is 10.6 Å². The lowest BCUT2D eigenvalue weighted by molar-refractivity contribution is 0.405. The van der Waals surface area contributed by atoms with Crippen LogP contribution in [0.5, 0.6) is 5.75 Å². The van der Waals surface area contributed by atoms with Crippen LogP contribution in [-0.2, 0) is 5.75 Å². The molecule has 0 amide bonds. The third-order valence-electron chi connectivity index (χ3n) is 2.04. The van der Waals surface area contributed by atoms with Crippen molar-refractivity contribution in [1.29, 1.82) is 0 Å². The van der Waals surface area contributed by atoms with Crippen molar-refractivity contribution in [3.05, 3.63) is 34.8 Å². The number of anilines is 1. The van der Waals surface area contributed by atoms with Gasteiger partial charge in [0.25, 0.3) is 0 Å². The number of nitrogens with two attached hydrogens (primary N) is 1. The van der Waals surface area contributed by atoms with Gasteiger partial charge in [-0.2, -0.15) is 0 Å². The topological polar surface area (TPSA) is 48.1 Å². The minimum Gasteiger partial charge on any atom is -0.496 e. The number of benzene rings is 1. The number of rotatable bonds is 4. The second-order valence-corrected chi connectivity index (χ2v) is 5.15. The monoisotopic (exact) mass is 252 g/mol. The van der Waals surface area contributed by atoms with E-state index >= 15 is 0 Å². The van der Waals surface area contributed by atoms with E-state index in [1.54, 1.807) is 30.2 Å². The molecule has 0 atom stereocenters. The lowest BCUT2D eigenvalue weighted by atomic mass is 10.3. The summed E-state index contributed by atoms with van der Waals surface area (Å²) >= 11 is 3.39. The van der Waals surface area contributed by atoms with E-state index in [0.29, 0.717) is 0 Å². The lowest BCUT2D eigenvalue weighted by Gasteiger charge is -2.07. The molecule has 3 nitrogen and oxygen atoms in total. The van der Waals surface area contributed by atoms with Gasteiger partial charge in [0.2, 0.25) is 0 Å².